The van der Waals surface area contributed by atoms with Crippen LogP contribution in [0.3, 0.4) is 0 Å². The Kier molecular flexibility index (Phi) is 4.21. The third-order valence-corrected chi connectivity index (χ3v) is 6.16. The second-order valence-corrected chi connectivity index (χ2v) is 7.61. The summed E-state index contributed by atoms with van der Waals surface area (Å²) < 4.78 is 0. The molecule has 2 bridgehead atoms. The first-order valence-electron chi connectivity index (χ1n) is 7.99. The second-order valence-electron chi connectivity index (χ2n) is 6.39. The zero-order valence-electron chi connectivity index (χ0n) is 13.5. The van der Waals surface area contributed by atoms with Gasteiger partial charge in [-0.05, 0) is 37.2 Å². The number of aliphatic carboxylic acids is 1. The number of amides is 2. The molecule has 1 fully saturated rings. The largest absolute Gasteiger partial charge is 0.481 e. The number of hydrogen-bond donors (Lipinski definition) is 3. The topological polar surface area (TPSA) is 109 Å². The molecule has 1 aromatic heterocycles. The Bertz CT molecular complexity index is 752. The highest BCUT2D eigenvalue weighted by atomic mass is 32.1. The Hall–Kier alpha value is -2.15. The quantitative estimate of drug-likeness (QED) is 0.708. The van der Waals surface area contributed by atoms with E-state index in [1.807, 2.05) is 26.0 Å². The van der Waals surface area contributed by atoms with E-state index < -0.39 is 23.7 Å². The summed E-state index contributed by atoms with van der Waals surface area (Å²) in [5, 5.41) is 12.7. The Balaban J connectivity index is 1.89. The van der Waals surface area contributed by atoms with Gasteiger partial charge >= 0.3 is 5.97 Å². The van der Waals surface area contributed by atoms with Crippen molar-refractivity contribution in [3.8, 4) is 0 Å². The molecule has 1 saturated carbocycles. The molecule has 0 spiro atoms. The van der Waals surface area contributed by atoms with Gasteiger partial charge < -0.3 is 16.2 Å². The number of carboxylic acids is 1. The predicted molar refractivity (Wildman–Crippen MR) is 90.9 cm³/mol. The number of carbonyl (C=O) groups excluding carboxylic acids is 2. The molecule has 4 N–H and O–H groups in total. The normalized spacial score (nSPS) is 27.4. The van der Waals surface area contributed by atoms with Gasteiger partial charge in [-0.25, -0.2) is 0 Å². The molecule has 1 heterocycles. The fourth-order valence-electron chi connectivity index (χ4n) is 4.06. The molecular weight excluding hydrogens is 328 g/mol. The molecule has 3 rings (SSSR count). The lowest BCUT2D eigenvalue weighted by molar-refractivity contribution is -0.146. The van der Waals surface area contributed by atoms with E-state index in [-0.39, 0.29) is 17.7 Å². The van der Waals surface area contributed by atoms with Gasteiger partial charge in [0, 0.05) is 4.88 Å². The van der Waals surface area contributed by atoms with Gasteiger partial charge in [-0.3, -0.25) is 14.4 Å². The minimum absolute atomic E-state index is 0.0557. The molecule has 2 aliphatic carbocycles. The van der Waals surface area contributed by atoms with Crippen molar-refractivity contribution in [3.63, 3.8) is 0 Å². The molecule has 1 aromatic rings. The van der Waals surface area contributed by atoms with Crippen LogP contribution in [0.2, 0.25) is 0 Å². The van der Waals surface area contributed by atoms with Crippen molar-refractivity contribution in [2.24, 2.45) is 29.4 Å². The number of nitrogens with one attached hydrogen (secondary N) is 1. The van der Waals surface area contributed by atoms with Crippen LogP contribution >= 0.6 is 11.3 Å². The molecule has 128 valence electrons. The highest BCUT2D eigenvalue weighted by molar-refractivity contribution is 7.16. The Morgan fingerprint density at radius 1 is 1.29 bits per heavy atom. The number of aryl methyl sites for hydroxylation is 1. The zero-order valence-corrected chi connectivity index (χ0v) is 14.4. The highest BCUT2D eigenvalue weighted by Gasteiger charge is 2.51. The summed E-state index contributed by atoms with van der Waals surface area (Å²) in [6, 6.07) is 0. The molecule has 2 aliphatic rings. The first-order chi connectivity index (χ1) is 11.3. The number of carboxylic acid groups (broad SMARTS) is 1. The van der Waals surface area contributed by atoms with Gasteiger partial charge in [0.25, 0.3) is 5.91 Å². The third-order valence-electron chi connectivity index (χ3n) is 5.09. The molecule has 7 heteroatoms. The van der Waals surface area contributed by atoms with Crippen molar-refractivity contribution in [2.75, 3.05) is 5.32 Å². The van der Waals surface area contributed by atoms with Crippen LogP contribution in [0.25, 0.3) is 0 Å². The van der Waals surface area contributed by atoms with Crippen LogP contribution in [0, 0.1) is 30.6 Å². The van der Waals surface area contributed by atoms with Crippen LogP contribution < -0.4 is 11.1 Å². The van der Waals surface area contributed by atoms with Gasteiger partial charge in [-0.1, -0.05) is 19.1 Å². The van der Waals surface area contributed by atoms with E-state index in [0.717, 1.165) is 10.4 Å². The van der Waals surface area contributed by atoms with Crippen molar-refractivity contribution >= 4 is 34.1 Å². The minimum Gasteiger partial charge on any atom is -0.481 e. The van der Waals surface area contributed by atoms with Crippen molar-refractivity contribution in [3.05, 3.63) is 28.2 Å². The molecule has 4 atom stereocenters. The van der Waals surface area contributed by atoms with E-state index in [1.54, 1.807) is 0 Å². The lowest BCUT2D eigenvalue weighted by Gasteiger charge is -2.23. The lowest BCUT2D eigenvalue weighted by atomic mass is 9.82. The number of allylic oxidation sites excluding steroid dienone is 2. The van der Waals surface area contributed by atoms with Gasteiger partial charge in [0.1, 0.15) is 5.00 Å². The fourth-order valence-corrected chi connectivity index (χ4v) is 5.22. The summed E-state index contributed by atoms with van der Waals surface area (Å²) >= 11 is 1.31. The second kappa shape index (κ2) is 6.05. The summed E-state index contributed by atoms with van der Waals surface area (Å²) in [7, 11) is 0. The highest BCUT2D eigenvalue weighted by Crippen LogP contribution is 2.48. The Morgan fingerprint density at radius 3 is 2.46 bits per heavy atom. The van der Waals surface area contributed by atoms with Gasteiger partial charge in [0.05, 0.1) is 17.4 Å². The monoisotopic (exact) mass is 348 g/mol. The maximum absolute atomic E-state index is 12.7. The smallest absolute Gasteiger partial charge is 0.307 e. The molecular formula is C17H20N2O4S. The summed E-state index contributed by atoms with van der Waals surface area (Å²) in [6.45, 7) is 3.81. The van der Waals surface area contributed by atoms with Crippen molar-refractivity contribution in [2.45, 2.75) is 26.7 Å². The number of hydrogen-bond acceptors (Lipinski definition) is 4. The average Bonchev–Trinajstić information content (AvgIpc) is 3.18. The van der Waals surface area contributed by atoms with E-state index >= 15 is 0 Å². The number of fused-ring (bicyclic) bond motifs is 2. The summed E-state index contributed by atoms with van der Waals surface area (Å²) in [6.07, 6.45) is 5.17. The first-order valence-corrected chi connectivity index (χ1v) is 8.80. The predicted octanol–water partition coefficient (Wildman–Crippen LogP) is 2.18. The van der Waals surface area contributed by atoms with Crippen molar-refractivity contribution < 1.29 is 19.5 Å². The van der Waals surface area contributed by atoms with Gasteiger partial charge in [0.15, 0.2) is 0 Å². The van der Waals surface area contributed by atoms with Gasteiger partial charge in [-0.15, -0.1) is 11.3 Å². The number of primary amides is 1. The molecule has 0 unspecified atom stereocenters. The number of rotatable bonds is 5. The van der Waals surface area contributed by atoms with Gasteiger partial charge in [-0.2, -0.15) is 0 Å². The molecule has 0 saturated heterocycles. The van der Waals surface area contributed by atoms with E-state index in [9.17, 15) is 19.5 Å². The number of anilines is 1. The maximum atomic E-state index is 12.7. The summed E-state index contributed by atoms with van der Waals surface area (Å²) in [5.41, 5.74) is 6.67. The summed E-state index contributed by atoms with van der Waals surface area (Å²) in [5.74, 6) is -3.32. The fraction of sp³-hybridized carbons (Fsp3) is 0.471. The molecule has 24 heavy (non-hydrogen) atoms. The van der Waals surface area contributed by atoms with E-state index in [2.05, 4.69) is 5.32 Å². The maximum Gasteiger partial charge on any atom is 0.307 e. The third kappa shape index (κ3) is 2.53. The van der Waals surface area contributed by atoms with Crippen LogP contribution in [0.4, 0.5) is 5.00 Å². The number of carbonyl (C=O) groups is 3. The zero-order chi connectivity index (χ0) is 17.6. The number of nitrogens with two attached hydrogens (primary N) is 1. The minimum atomic E-state index is -0.946. The van der Waals surface area contributed by atoms with Crippen molar-refractivity contribution in [1.82, 2.24) is 0 Å². The molecule has 0 aromatic carbocycles. The van der Waals surface area contributed by atoms with Crippen LogP contribution in [-0.2, 0) is 16.0 Å². The SMILES string of the molecule is CCc1c(C)sc(NC(=O)[C@H]2[C@H](C(=O)O)[C@H]3C=C[C@H]2C3)c1C(N)=O. The molecule has 0 aliphatic heterocycles. The van der Waals surface area contributed by atoms with E-state index in [4.69, 9.17) is 5.73 Å². The van der Waals surface area contributed by atoms with E-state index in [0.29, 0.717) is 23.4 Å². The summed E-state index contributed by atoms with van der Waals surface area (Å²) in [4.78, 5) is 37.0. The molecule has 6 nitrogen and oxygen atoms in total. The average molecular weight is 348 g/mol. The standard InChI is InChI=1S/C17H20N2O4S/c1-3-10-7(2)24-16(13(10)14(18)20)19-15(21)11-8-4-5-9(6-8)12(11)17(22)23/h4-5,8-9,11-12H,3,6H2,1-2H3,(H2,18,20)(H,19,21)(H,22,23)/t8-,9-,11+,12+/m0/s1. The molecule has 2 amide bonds. The van der Waals surface area contributed by atoms with Crippen LogP contribution in [0.15, 0.2) is 12.2 Å². The van der Waals surface area contributed by atoms with Crippen LogP contribution in [0.1, 0.15) is 34.1 Å². The Morgan fingerprint density at radius 2 is 1.92 bits per heavy atom. The number of thiophene rings is 1. The van der Waals surface area contributed by atoms with Crippen molar-refractivity contribution in [1.29, 1.82) is 0 Å². The van der Waals surface area contributed by atoms with Gasteiger partial charge in [0.2, 0.25) is 5.91 Å². The molecule has 0 radical (unpaired) electrons. The van der Waals surface area contributed by atoms with E-state index in [1.165, 1.54) is 11.3 Å². The lowest BCUT2D eigenvalue weighted by Crippen LogP contribution is -2.36. The Labute approximate surface area is 143 Å². The van der Waals surface area contributed by atoms with Crippen LogP contribution in [-0.4, -0.2) is 22.9 Å². The first kappa shape index (κ1) is 16.7. The van der Waals surface area contributed by atoms with Crippen LogP contribution in [0.5, 0.6) is 0 Å².